The van der Waals surface area contributed by atoms with Gasteiger partial charge in [0.1, 0.15) is 11.5 Å². The van der Waals surface area contributed by atoms with Crippen LogP contribution in [0.3, 0.4) is 0 Å². The summed E-state index contributed by atoms with van der Waals surface area (Å²) in [5.74, 6) is 2.71. The minimum Gasteiger partial charge on any atom is -0.493 e. The molecule has 0 aliphatic carbocycles. The van der Waals surface area contributed by atoms with Gasteiger partial charge in [-0.3, -0.25) is 9.97 Å². The summed E-state index contributed by atoms with van der Waals surface area (Å²) in [7, 11) is 3.21. The van der Waals surface area contributed by atoms with E-state index in [0.717, 1.165) is 27.6 Å². The van der Waals surface area contributed by atoms with Gasteiger partial charge >= 0.3 is 0 Å². The monoisotopic (exact) mass is 332 g/mol. The Balaban J connectivity index is 1.86. The van der Waals surface area contributed by atoms with Crippen molar-refractivity contribution in [3.8, 4) is 23.0 Å². The summed E-state index contributed by atoms with van der Waals surface area (Å²) in [5, 5.41) is 1.80. The molecular weight excluding hydrogens is 316 g/mol. The molecule has 0 aliphatic heterocycles. The van der Waals surface area contributed by atoms with Gasteiger partial charge in [0.25, 0.3) is 0 Å². The molecule has 2 aromatic carbocycles. The molecule has 4 aromatic rings. The van der Waals surface area contributed by atoms with E-state index < -0.39 is 0 Å². The van der Waals surface area contributed by atoms with Gasteiger partial charge in [-0.1, -0.05) is 6.07 Å². The largest absolute Gasteiger partial charge is 0.493 e. The highest BCUT2D eigenvalue weighted by Crippen LogP contribution is 2.38. The van der Waals surface area contributed by atoms with Crippen molar-refractivity contribution in [2.45, 2.75) is 0 Å². The van der Waals surface area contributed by atoms with Crippen LogP contribution >= 0.6 is 0 Å². The smallest absolute Gasteiger partial charge is 0.162 e. The molecule has 25 heavy (non-hydrogen) atoms. The molecule has 2 heterocycles. The normalized spacial score (nSPS) is 10.8. The van der Waals surface area contributed by atoms with Crippen LogP contribution < -0.4 is 14.2 Å². The van der Waals surface area contributed by atoms with Gasteiger partial charge < -0.3 is 14.2 Å². The molecular formula is C20H16N2O3. The maximum absolute atomic E-state index is 6.20. The highest BCUT2D eigenvalue weighted by molar-refractivity contribution is 5.90. The van der Waals surface area contributed by atoms with E-state index >= 15 is 0 Å². The number of ether oxygens (including phenoxy) is 3. The van der Waals surface area contributed by atoms with Crippen molar-refractivity contribution in [1.29, 1.82) is 0 Å². The van der Waals surface area contributed by atoms with Gasteiger partial charge in [-0.15, -0.1) is 0 Å². The average Bonchev–Trinajstić information content (AvgIpc) is 2.67. The zero-order valence-corrected chi connectivity index (χ0v) is 13.9. The second kappa shape index (κ2) is 6.28. The van der Waals surface area contributed by atoms with Gasteiger partial charge in [0.15, 0.2) is 11.5 Å². The molecule has 0 spiro atoms. The molecule has 0 radical (unpaired) electrons. The molecule has 2 aromatic heterocycles. The van der Waals surface area contributed by atoms with Crippen LogP contribution in [0.15, 0.2) is 60.9 Å². The number of hydrogen-bond acceptors (Lipinski definition) is 5. The van der Waals surface area contributed by atoms with Gasteiger partial charge in [-0.25, -0.2) is 0 Å². The molecule has 0 unspecified atom stereocenters. The number of aromatic nitrogens is 2. The van der Waals surface area contributed by atoms with Crippen LogP contribution in [0.25, 0.3) is 21.8 Å². The number of nitrogens with zero attached hydrogens (tertiary/aromatic N) is 2. The number of pyridine rings is 2. The molecule has 0 fully saturated rings. The summed E-state index contributed by atoms with van der Waals surface area (Å²) in [6.45, 7) is 0. The standard InChI is InChI=1S/C20H16N2O3/c1-23-19-11-14-16(12-20(19)24-2)22-10-8-18(14)25-17-7-3-6-15-13(17)5-4-9-21-15/h3-12H,1-2H3. The fraction of sp³-hybridized carbons (Fsp3) is 0.100. The summed E-state index contributed by atoms with van der Waals surface area (Å²) in [6, 6.07) is 15.3. The maximum atomic E-state index is 6.20. The lowest BCUT2D eigenvalue weighted by Crippen LogP contribution is -1.93. The Morgan fingerprint density at radius 3 is 2.24 bits per heavy atom. The number of hydrogen-bond donors (Lipinski definition) is 0. The third kappa shape index (κ3) is 2.70. The summed E-state index contributed by atoms with van der Waals surface area (Å²) in [4.78, 5) is 8.77. The van der Waals surface area contributed by atoms with E-state index in [1.54, 1.807) is 26.6 Å². The van der Waals surface area contributed by atoms with Crippen molar-refractivity contribution in [3.05, 3.63) is 60.9 Å². The number of methoxy groups -OCH3 is 2. The van der Waals surface area contributed by atoms with Crippen LogP contribution in [0.1, 0.15) is 0 Å². The first-order valence-electron chi connectivity index (χ1n) is 7.82. The summed E-state index contributed by atoms with van der Waals surface area (Å²) in [6.07, 6.45) is 3.48. The van der Waals surface area contributed by atoms with Crippen molar-refractivity contribution in [1.82, 2.24) is 9.97 Å². The Morgan fingerprint density at radius 1 is 0.640 bits per heavy atom. The molecule has 0 amide bonds. The Hall–Kier alpha value is -3.34. The zero-order chi connectivity index (χ0) is 17.2. The Kier molecular flexibility index (Phi) is 3.82. The van der Waals surface area contributed by atoms with E-state index in [-0.39, 0.29) is 0 Å². The van der Waals surface area contributed by atoms with E-state index in [2.05, 4.69) is 9.97 Å². The molecule has 0 saturated heterocycles. The Bertz CT molecular complexity index is 1060. The molecule has 0 aliphatic rings. The Morgan fingerprint density at radius 2 is 1.40 bits per heavy atom. The molecule has 4 rings (SSSR count). The van der Waals surface area contributed by atoms with E-state index in [1.807, 2.05) is 48.5 Å². The van der Waals surface area contributed by atoms with Crippen LogP contribution in [-0.4, -0.2) is 24.2 Å². The van der Waals surface area contributed by atoms with Crippen LogP contribution in [0, 0.1) is 0 Å². The third-order valence-electron chi connectivity index (χ3n) is 4.03. The molecule has 0 atom stereocenters. The van der Waals surface area contributed by atoms with Crippen LogP contribution in [0.2, 0.25) is 0 Å². The third-order valence-corrected chi connectivity index (χ3v) is 4.03. The average molecular weight is 332 g/mol. The number of benzene rings is 2. The van der Waals surface area contributed by atoms with Crippen molar-refractivity contribution >= 4 is 21.8 Å². The first-order valence-corrected chi connectivity index (χ1v) is 7.82. The molecule has 0 bridgehead atoms. The second-order valence-corrected chi connectivity index (χ2v) is 5.46. The fourth-order valence-corrected chi connectivity index (χ4v) is 2.82. The quantitative estimate of drug-likeness (QED) is 0.547. The zero-order valence-electron chi connectivity index (χ0n) is 13.9. The first kappa shape index (κ1) is 15.2. The van der Waals surface area contributed by atoms with Gasteiger partial charge in [0.05, 0.1) is 25.3 Å². The topological polar surface area (TPSA) is 53.5 Å². The van der Waals surface area contributed by atoms with Crippen molar-refractivity contribution in [3.63, 3.8) is 0 Å². The van der Waals surface area contributed by atoms with Crippen LogP contribution in [0.5, 0.6) is 23.0 Å². The van der Waals surface area contributed by atoms with Crippen LogP contribution in [0.4, 0.5) is 0 Å². The lowest BCUT2D eigenvalue weighted by atomic mass is 10.1. The predicted molar refractivity (Wildman–Crippen MR) is 96.7 cm³/mol. The van der Waals surface area contributed by atoms with E-state index in [4.69, 9.17) is 14.2 Å². The lowest BCUT2D eigenvalue weighted by Gasteiger charge is -2.13. The van der Waals surface area contributed by atoms with E-state index in [0.29, 0.717) is 17.2 Å². The van der Waals surface area contributed by atoms with Crippen LogP contribution in [-0.2, 0) is 0 Å². The molecule has 5 nitrogen and oxygen atoms in total. The minimum atomic E-state index is 0.632. The molecule has 124 valence electrons. The van der Waals surface area contributed by atoms with E-state index in [1.165, 1.54) is 0 Å². The fourth-order valence-electron chi connectivity index (χ4n) is 2.82. The van der Waals surface area contributed by atoms with Crippen molar-refractivity contribution in [2.75, 3.05) is 14.2 Å². The molecule has 0 saturated carbocycles. The van der Waals surface area contributed by atoms with Gasteiger partial charge in [-0.05, 0) is 36.4 Å². The van der Waals surface area contributed by atoms with Gasteiger partial charge in [-0.2, -0.15) is 0 Å². The molecule has 0 N–H and O–H groups in total. The summed E-state index contributed by atoms with van der Waals surface area (Å²) in [5.41, 5.74) is 1.66. The maximum Gasteiger partial charge on any atom is 0.162 e. The van der Waals surface area contributed by atoms with Gasteiger partial charge in [0, 0.05) is 29.2 Å². The lowest BCUT2D eigenvalue weighted by molar-refractivity contribution is 0.355. The number of fused-ring (bicyclic) bond motifs is 2. The second-order valence-electron chi connectivity index (χ2n) is 5.46. The predicted octanol–water partition coefficient (Wildman–Crippen LogP) is 4.59. The minimum absolute atomic E-state index is 0.632. The summed E-state index contributed by atoms with van der Waals surface area (Å²) >= 11 is 0. The first-order chi connectivity index (χ1) is 12.3. The summed E-state index contributed by atoms with van der Waals surface area (Å²) < 4.78 is 16.9. The SMILES string of the molecule is COc1cc2nccc(Oc3cccc4ncccc34)c2cc1OC. The highest BCUT2D eigenvalue weighted by atomic mass is 16.5. The number of rotatable bonds is 4. The Labute approximate surface area is 144 Å². The van der Waals surface area contributed by atoms with Crippen molar-refractivity contribution < 1.29 is 14.2 Å². The highest BCUT2D eigenvalue weighted by Gasteiger charge is 2.12. The molecule has 5 heteroatoms. The van der Waals surface area contributed by atoms with Crippen molar-refractivity contribution in [2.24, 2.45) is 0 Å². The van der Waals surface area contributed by atoms with E-state index in [9.17, 15) is 0 Å². The van der Waals surface area contributed by atoms with Gasteiger partial charge in [0.2, 0.25) is 0 Å².